The van der Waals surface area contributed by atoms with Gasteiger partial charge < -0.3 is 5.73 Å². The highest BCUT2D eigenvalue weighted by molar-refractivity contribution is 4.74. The fraction of sp³-hybridized carbons (Fsp3) is 1.00. The Balaban J connectivity index is 1.91. The summed E-state index contributed by atoms with van der Waals surface area (Å²) in [7, 11) is 0. The quantitative estimate of drug-likeness (QED) is 0.643. The molecular weight excluding hydrogens is 170 g/mol. The van der Waals surface area contributed by atoms with E-state index in [1.54, 1.807) is 0 Å². The van der Waals surface area contributed by atoms with Crippen molar-refractivity contribution in [2.24, 2.45) is 11.7 Å². The maximum atomic E-state index is 5.89. The van der Waals surface area contributed by atoms with Crippen molar-refractivity contribution in [2.45, 2.75) is 77.2 Å². The minimum atomic E-state index is 0.520. The normalized spacial score (nSPS) is 27.9. The van der Waals surface area contributed by atoms with Gasteiger partial charge in [-0.05, 0) is 31.6 Å². The lowest BCUT2D eigenvalue weighted by atomic mass is 9.83. The summed E-state index contributed by atoms with van der Waals surface area (Å²) in [4.78, 5) is 0. The molecule has 0 radical (unpaired) electrons. The molecule has 0 aromatic carbocycles. The van der Waals surface area contributed by atoms with Crippen LogP contribution in [0.4, 0.5) is 0 Å². The Hall–Kier alpha value is -0.0400. The van der Waals surface area contributed by atoms with Crippen LogP contribution in [-0.2, 0) is 0 Å². The van der Waals surface area contributed by atoms with Crippen LogP contribution >= 0.6 is 0 Å². The second-order valence-corrected chi connectivity index (χ2v) is 4.98. The van der Waals surface area contributed by atoms with E-state index in [1.165, 1.54) is 64.2 Å². The van der Waals surface area contributed by atoms with Crippen molar-refractivity contribution in [2.75, 3.05) is 0 Å². The molecule has 14 heavy (non-hydrogen) atoms. The molecule has 0 unspecified atom stereocenters. The molecule has 1 heteroatoms. The molecular formula is C13H27N. The Morgan fingerprint density at radius 1 is 0.929 bits per heavy atom. The summed E-state index contributed by atoms with van der Waals surface area (Å²) in [5, 5.41) is 0. The summed E-state index contributed by atoms with van der Waals surface area (Å²) in [5.74, 6) is 1.01. The highest BCUT2D eigenvalue weighted by Crippen LogP contribution is 2.27. The van der Waals surface area contributed by atoms with Crippen molar-refractivity contribution in [1.82, 2.24) is 0 Å². The number of hydrogen-bond donors (Lipinski definition) is 1. The van der Waals surface area contributed by atoms with Crippen LogP contribution in [-0.4, -0.2) is 6.04 Å². The molecule has 1 aliphatic carbocycles. The molecule has 0 heterocycles. The molecule has 0 bridgehead atoms. The smallest absolute Gasteiger partial charge is 0.00390 e. The zero-order valence-electron chi connectivity index (χ0n) is 9.80. The van der Waals surface area contributed by atoms with Crippen LogP contribution in [0.25, 0.3) is 0 Å². The summed E-state index contributed by atoms with van der Waals surface area (Å²) in [6.45, 7) is 2.28. The van der Waals surface area contributed by atoms with Crippen LogP contribution in [0.1, 0.15) is 71.1 Å². The van der Waals surface area contributed by atoms with E-state index >= 15 is 0 Å². The van der Waals surface area contributed by atoms with Gasteiger partial charge in [-0.25, -0.2) is 0 Å². The van der Waals surface area contributed by atoms with Crippen LogP contribution in [0, 0.1) is 5.92 Å². The van der Waals surface area contributed by atoms with Crippen molar-refractivity contribution < 1.29 is 0 Å². The first-order valence-electron chi connectivity index (χ1n) is 6.58. The highest BCUT2D eigenvalue weighted by Gasteiger charge is 2.17. The average molecular weight is 197 g/mol. The van der Waals surface area contributed by atoms with Gasteiger partial charge in [0.1, 0.15) is 0 Å². The Labute approximate surface area is 89.5 Å². The second-order valence-electron chi connectivity index (χ2n) is 4.98. The molecule has 1 fully saturated rings. The minimum absolute atomic E-state index is 0.520. The topological polar surface area (TPSA) is 26.0 Å². The second kappa shape index (κ2) is 7.28. The van der Waals surface area contributed by atoms with Crippen LogP contribution < -0.4 is 5.73 Å². The van der Waals surface area contributed by atoms with Crippen LogP contribution in [0.2, 0.25) is 0 Å². The molecule has 1 aliphatic rings. The molecule has 0 aromatic rings. The predicted molar refractivity (Wildman–Crippen MR) is 63.3 cm³/mol. The molecule has 0 aliphatic heterocycles. The Kier molecular flexibility index (Phi) is 6.25. The summed E-state index contributed by atoms with van der Waals surface area (Å²) >= 11 is 0. The van der Waals surface area contributed by atoms with Gasteiger partial charge in [-0.1, -0.05) is 45.4 Å². The van der Waals surface area contributed by atoms with E-state index in [1.807, 2.05) is 0 Å². The van der Waals surface area contributed by atoms with Crippen LogP contribution in [0.15, 0.2) is 0 Å². The van der Waals surface area contributed by atoms with E-state index in [9.17, 15) is 0 Å². The van der Waals surface area contributed by atoms with E-state index in [2.05, 4.69) is 6.92 Å². The maximum Gasteiger partial charge on any atom is 0.00390 e. The van der Waals surface area contributed by atoms with Crippen LogP contribution in [0.3, 0.4) is 0 Å². The molecule has 0 spiro atoms. The lowest BCUT2D eigenvalue weighted by Gasteiger charge is -2.25. The van der Waals surface area contributed by atoms with Gasteiger partial charge in [0.05, 0.1) is 0 Å². The van der Waals surface area contributed by atoms with Crippen molar-refractivity contribution in [3.63, 3.8) is 0 Å². The Morgan fingerprint density at radius 2 is 1.57 bits per heavy atom. The van der Waals surface area contributed by atoms with Crippen molar-refractivity contribution in [3.8, 4) is 0 Å². The predicted octanol–water partition coefficient (Wildman–Crippen LogP) is 3.86. The summed E-state index contributed by atoms with van der Waals surface area (Å²) in [5.41, 5.74) is 5.89. The van der Waals surface area contributed by atoms with E-state index in [-0.39, 0.29) is 0 Å². The van der Waals surface area contributed by atoms with Gasteiger partial charge in [-0.2, -0.15) is 0 Å². The fourth-order valence-electron chi connectivity index (χ4n) is 2.51. The fourth-order valence-corrected chi connectivity index (χ4v) is 2.51. The van der Waals surface area contributed by atoms with E-state index < -0.39 is 0 Å². The monoisotopic (exact) mass is 197 g/mol. The molecule has 1 saturated carbocycles. The minimum Gasteiger partial charge on any atom is -0.328 e. The Bertz CT molecular complexity index is 125. The van der Waals surface area contributed by atoms with Crippen LogP contribution in [0.5, 0.6) is 0 Å². The number of unbranched alkanes of at least 4 members (excludes halogenated alkanes) is 4. The SMILES string of the molecule is CCCCCCCC1CCC(N)CC1. The molecule has 0 saturated heterocycles. The first kappa shape index (κ1) is 12.0. The summed E-state index contributed by atoms with van der Waals surface area (Å²) in [6, 6.07) is 0.520. The van der Waals surface area contributed by atoms with Gasteiger partial charge in [-0.3, -0.25) is 0 Å². The van der Waals surface area contributed by atoms with Gasteiger partial charge in [0.25, 0.3) is 0 Å². The van der Waals surface area contributed by atoms with E-state index in [0.29, 0.717) is 6.04 Å². The molecule has 0 atom stereocenters. The molecule has 84 valence electrons. The number of hydrogen-bond acceptors (Lipinski definition) is 1. The lowest BCUT2D eigenvalue weighted by molar-refractivity contribution is 0.302. The third-order valence-electron chi connectivity index (χ3n) is 3.61. The Morgan fingerprint density at radius 3 is 2.21 bits per heavy atom. The van der Waals surface area contributed by atoms with Gasteiger partial charge in [0, 0.05) is 6.04 Å². The van der Waals surface area contributed by atoms with Gasteiger partial charge in [0.15, 0.2) is 0 Å². The molecule has 1 rings (SSSR count). The van der Waals surface area contributed by atoms with E-state index in [4.69, 9.17) is 5.73 Å². The lowest BCUT2D eigenvalue weighted by Crippen LogP contribution is -2.26. The highest BCUT2D eigenvalue weighted by atomic mass is 14.6. The van der Waals surface area contributed by atoms with Crippen molar-refractivity contribution >= 4 is 0 Å². The molecule has 1 nitrogen and oxygen atoms in total. The van der Waals surface area contributed by atoms with Crippen molar-refractivity contribution in [3.05, 3.63) is 0 Å². The van der Waals surface area contributed by atoms with Crippen molar-refractivity contribution in [1.29, 1.82) is 0 Å². The summed E-state index contributed by atoms with van der Waals surface area (Å²) < 4.78 is 0. The third kappa shape index (κ3) is 4.99. The maximum absolute atomic E-state index is 5.89. The zero-order chi connectivity index (χ0) is 10.2. The third-order valence-corrected chi connectivity index (χ3v) is 3.61. The van der Waals surface area contributed by atoms with Gasteiger partial charge in [0.2, 0.25) is 0 Å². The molecule has 0 amide bonds. The van der Waals surface area contributed by atoms with E-state index in [0.717, 1.165) is 5.92 Å². The standard InChI is InChI=1S/C13H27N/c1-2-3-4-5-6-7-12-8-10-13(14)11-9-12/h12-13H,2-11,14H2,1H3. The zero-order valence-corrected chi connectivity index (χ0v) is 9.80. The van der Waals surface area contributed by atoms with Gasteiger partial charge >= 0.3 is 0 Å². The largest absolute Gasteiger partial charge is 0.328 e. The molecule has 0 aromatic heterocycles. The van der Waals surface area contributed by atoms with Gasteiger partial charge in [-0.15, -0.1) is 0 Å². The number of nitrogens with two attached hydrogens (primary N) is 1. The first-order valence-corrected chi connectivity index (χ1v) is 6.58. The number of rotatable bonds is 6. The molecule has 2 N–H and O–H groups in total. The average Bonchev–Trinajstić information content (AvgIpc) is 2.21. The summed E-state index contributed by atoms with van der Waals surface area (Å²) in [6.07, 6.45) is 14.0. The first-order chi connectivity index (χ1) is 6.83.